The zero-order valence-electron chi connectivity index (χ0n) is 12.5. The van der Waals surface area contributed by atoms with Crippen molar-refractivity contribution in [3.63, 3.8) is 0 Å². The highest BCUT2D eigenvalue weighted by Gasteiger charge is 2.43. The lowest BCUT2D eigenvalue weighted by molar-refractivity contribution is -0.161. The van der Waals surface area contributed by atoms with Gasteiger partial charge in [-0.3, -0.25) is 4.79 Å². The molecular formula is C16H18F3NO3. The first-order chi connectivity index (χ1) is 10.9. The van der Waals surface area contributed by atoms with Crippen LogP contribution >= 0.6 is 0 Å². The highest BCUT2D eigenvalue weighted by molar-refractivity contribution is 5.94. The van der Waals surface area contributed by atoms with E-state index in [1.807, 2.05) is 0 Å². The smallest absolute Gasteiger partial charge is 0.349 e. The molecule has 1 aromatic rings. The van der Waals surface area contributed by atoms with E-state index in [0.29, 0.717) is 6.61 Å². The van der Waals surface area contributed by atoms with Gasteiger partial charge in [-0.2, -0.15) is 13.2 Å². The van der Waals surface area contributed by atoms with Gasteiger partial charge in [0.1, 0.15) is 6.10 Å². The number of rotatable bonds is 3. The summed E-state index contributed by atoms with van der Waals surface area (Å²) in [6, 6.07) is 4.14. The molecule has 0 unspecified atom stereocenters. The summed E-state index contributed by atoms with van der Waals surface area (Å²) < 4.78 is 49.0. The van der Waals surface area contributed by atoms with Gasteiger partial charge in [-0.25, -0.2) is 0 Å². The van der Waals surface area contributed by atoms with E-state index in [1.165, 1.54) is 12.1 Å². The molecule has 2 fully saturated rings. The Kier molecular flexibility index (Phi) is 4.33. The molecule has 1 aliphatic heterocycles. The Bertz CT molecular complexity index is 565. The molecule has 126 valence electrons. The molecule has 3 rings (SSSR count). The summed E-state index contributed by atoms with van der Waals surface area (Å²) in [5, 5.41) is 2.68. The van der Waals surface area contributed by atoms with Gasteiger partial charge in [-0.15, -0.1) is 0 Å². The maximum Gasteiger partial charge on any atom is 0.416 e. The minimum Gasteiger partial charge on any atom is -0.349 e. The lowest BCUT2D eigenvalue weighted by Crippen LogP contribution is -2.35. The highest BCUT2D eigenvalue weighted by atomic mass is 19.4. The average molecular weight is 329 g/mol. The second-order valence-corrected chi connectivity index (χ2v) is 5.95. The van der Waals surface area contributed by atoms with Crippen LogP contribution in [0.15, 0.2) is 24.3 Å². The lowest BCUT2D eigenvalue weighted by Gasteiger charge is -2.21. The highest BCUT2D eigenvalue weighted by Crippen LogP contribution is 2.39. The van der Waals surface area contributed by atoms with E-state index in [4.69, 9.17) is 9.47 Å². The van der Waals surface area contributed by atoms with Crippen LogP contribution < -0.4 is 5.32 Å². The van der Waals surface area contributed by atoms with Gasteiger partial charge in [0.2, 0.25) is 0 Å². The monoisotopic (exact) mass is 329 g/mol. The molecule has 1 aromatic carbocycles. The average Bonchev–Trinajstić information content (AvgIpc) is 3.14. The fourth-order valence-electron chi connectivity index (χ4n) is 3.01. The van der Waals surface area contributed by atoms with Gasteiger partial charge in [0.25, 0.3) is 5.91 Å². The van der Waals surface area contributed by atoms with Crippen molar-refractivity contribution in [2.75, 3.05) is 13.2 Å². The van der Waals surface area contributed by atoms with E-state index in [1.54, 1.807) is 0 Å². The number of nitrogens with one attached hydrogen (secondary N) is 1. The first-order valence-electron chi connectivity index (χ1n) is 7.65. The zero-order valence-corrected chi connectivity index (χ0v) is 12.5. The third-order valence-electron chi connectivity index (χ3n) is 4.24. The van der Waals surface area contributed by atoms with E-state index in [2.05, 4.69) is 5.32 Å². The molecule has 0 bridgehead atoms. The van der Waals surface area contributed by atoms with E-state index in [-0.39, 0.29) is 18.2 Å². The third-order valence-corrected chi connectivity index (χ3v) is 4.24. The number of halogens is 3. The van der Waals surface area contributed by atoms with Gasteiger partial charge in [0, 0.05) is 24.9 Å². The van der Waals surface area contributed by atoms with Crippen molar-refractivity contribution in [1.82, 2.24) is 5.32 Å². The van der Waals surface area contributed by atoms with Crippen LogP contribution in [-0.4, -0.2) is 30.9 Å². The van der Waals surface area contributed by atoms with Gasteiger partial charge < -0.3 is 14.8 Å². The summed E-state index contributed by atoms with van der Waals surface area (Å²) in [4.78, 5) is 12.0. The second kappa shape index (κ2) is 6.13. The summed E-state index contributed by atoms with van der Waals surface area (Å²) in [5.41, 5.74) is -0.586. The van der Waals surface area contributed by atoms with Crippen molar-refractivity contribution in [2.24, 2.45) is 0 Å². The quantitative estimate of drug-likeness (QED) is 0.927. The number of amides is 1. The number of ether oxygens (including phenoxy) is 2. The Labute approximate surface area is 132 Å². The van der Waals surface area contributed by atoms with Crippen molar-refractivity contribution in [1.29, 1.82) is 0 Å². The largest absolute Gasteiger partial charge is 0.416 e. The Morgan fingerprint density at radius 1 is 1.22 bits per heavy atom. The van der Waals surface area contributed by atoms with Gasteiger partial charge in [0.05, 0.1) is 12.2 Å². The minimum absolute atomic E-state index is 0.187. The Hall–Kier alpha value is -1.60. The number of carbonyl (C=O) groups is 1. The number of hydrogen-bond donors (Lipinski definition) is 1. The fourth-order valence-corrected chi connectivity index (χ4v) is 3.01. The molecule has 7 heteroatoms. The molecule has 1 aliphatic carbocycles. The first-order valence-corrected chi connectivity index (χ1v) is 7.65. The van der Waals surface area contributed by atoms with Gasteiger partial charge in [-0.05, 0) is 37.1 Å². The molecule has 1 amide bonds. The second-order valence-electron chi connectivity index (χ2n) is 5.95. The predicted octanol–water partition coefficient (Wildman–Crippen LogP) is 3.12. The fraction of sp³-hybridized carbons (Fsp3) is 0.562. The lowest BCUT2D eigenvalue weighted by atomic mass is 10.1. The molecule has 0 aromatic heterocycles. The normalized spacial score (nSPS) is 23.3. The molecule has 4 nitrogen and oxygen atoms in total. The van der Waals surface area contributed by atoms with Gasteiger partial charge in [0.15, 0.2) is 5.79 Å². The first kappa shape index (κ1) is 16.3. The van der Waals surface area contributed by atoms with Crippen LogP contribution in [0.1, 0.15) is 41.6 Å². The van der Waals surface area contributed by atoms with Gasteiger partial charge >= 0.3 is 6.18 Å². The SMILES string of the molecule is O=C(NC[C@H]1COC2(CCCC2)O1)c1ccc(C(F)(F)F)cc1. The molecule has 1 atom stereocenters. The van der Waals surface area contributed by atoms with Crippen molar-refractivity contribution >= 4 is 5.91 Å². The van der Waals surface area contributed by atoms with Gasteiger partial charge in [-0.1, -0.05) is 0 Å². The van der Waals surface area contributed by atoms with Crippen molar-refractivity contribution in [3.05, 3.63) is 35.4 Å². The number of benzene rings is 1. The summed E-state index contributed by atoms with van der Waals surface area (Å²) in [7, 11) is 0. The molecule has 1 saturated heterocycles. The van der Waals surface area contributed by atoms with Crippen LogP contribution in [0.3, 0.4) is 0 Å². The summed E-state index contributed by atoms with van der Waals surface area (Å²) in [5.74, 6) is -0.904. The summed E-state index contributed by atoms with van der Waals surface area (Å²) >= 11 is 0. The molecule has 1 spiro atoms. The molecular weight excluding hydrogens is 311 g/mol. The van der Waals surface area contributed by atoms with E-state index < -0.39 is 23.4 Å². The number of carbonyl (C=O) groups excluding carboxylic acids is 1. The van der Waals surface area contributed by atoms with Crippen LogP contribution in [0.25, 0.3) is 0 Å². The summed E-state index contributed by atoms with van der Waals surface area (Å²) in [6.45, 7) is 0.703. The minimum atomic E-state index is -4.40. The van der Waals surface area contributed by atoms with Crippen molar-refractivity contribution in [3.8, 4) is 0 Å². The maximum atomic E-state index is 12.5. The van der Waals surface area contributed by atoms with Crippen LogP contribution in [0.2, 0.25) is 0 Å². The Balaban J connectivity index is 1.52. The Morgan fingerprint density at radius 3 is 2.48 bits per heavy atom. The van der Waals surface area contributed by atoms with E-state index in [9.17, 15) is 18.0 Å². The Morgan fingerprint density at radius 2 is 1.87 bits per heavy atom. The van der Waals surface area contributed by atoms with E-state index in [0.717, 1.165) is 37.8 Å². The number of hydrogen-bond acceptors (Lipinski definition) is 3. The molecule has 1 N–H and O–H groups in total. The third kappa shape index (κ3) is 3.67. The van der Waals surface area contributed by atoms with Crippen molar-refractivity contribution in [2.45, 2.75) is 43.8 Å². The van der Waals surface area contributed by atoms with Crippen LogP contribution in [0.5, 0.6) is 0 Å². The maximum absolute atomic E-state index is 12.5. The predicted molar refractivity (Wildman–Crippen MR) is 75.8 cm³/mol. The molecule has 2 aliphatic rings. The van der Waals surface area contributed by atoms with Crippen molar-refractivity contribution < 1.29 is 27.4 Å². The van der Waals surface area contributed by atoms with Crippen LogP contribution in [-0.2, 0) is 15.7 Å². The van der Waals surface area contributed by atoms with Crippen LogP contribution in [0.4, 0.5) is 13.2 Å². The summed E-state index contributed by atoms with van der Waals surface area (Å²) in [6.07, 6.45) is -0.729. The van der Waals surface area contributed by atoms with E-state index >= 15 is 0 Å². The molecule has 23 heavy (non-hydrogen) atoms. The number of alkyl halides is 3. The topological polar surface area (TPSA) is 47.6 Å². The molecule has 0 radical (unpaired) electrons. The van der Waals surface area contributed by atoms with Crippen LogP contribution in [0, 0.1) is 0 Å². The molecule has 1 heterocycles. The standard InChI is InChI=1S/C16H18F3NO3/c17-16(18,19)12-5-3-11(4-6-12)14(21)20-9-13-10-22-15(23-13)7-1-2-8-15/h3-6,13H,1-2,7-10H2,(H,20,21)/t13-/m0/s1. The zero-order chi connectivity index (χ0) is 16.5. The molecule has 1 saturated carbocycles.